The number of nitrogens with one attached hydrogen (secondary N) is 1. The van der Waals surface area contributed by atoms with Crippen molar-refractivity contribution in [3.63, 3.8) is 0 Å². The lowest BCUT2D eigenvalue weighted by Gasteiger charge is -2.27. The molecular weight excluding hydrogens is 356 g/mol. The lowest BCUT2D eigenvalue weighted by molar-refractivity contribution is 0.323. The Morgan fingerprint density at radius 1 is 1.43 bits per heavy atom. The van der Waals surface area contributed by atoms with Gasteiger partial charge in [0.25, 0.3) is 0 Å². The average Bonchev–Trinajstić information content (AvgIpc) is 2.80. The highest BCUT2D eigenvalue weighted by Gasteiger charge is 2.31. The number of halogens is 1. The third-order valence-corrected chi connectivity index (χ3v) is 6.33. The molecule has 1 unspecified atom stereocenters. The summed E-state index contributed by atoms with van der Waals surface area (Å²) in [4.78, 5) is 0.212. The van der Waals surface area contributed by atoms with Gasteiger partial charge in [-0.15, -0.1) is 0 Å². The van der Waals surface area contributed by atoms with Gasteiger partial charge < -0.3 is 9.73 Å². The van der Waals surface area contributed by atoms with E-state index in [0.717, 1.165) is 19.3 Å². The zero-order valence-corrected chi connectivity index (χ0v) is 15.6. The van der Waals surface area contributed by atoms with Gasteiger partial charge in [-0.05, 0) is 42.7 Å². The summed E-state index contributed by atoms with van der Waals surface area (Å²) in [6.07, 6.45) is 2.59. The quantitative estimate of drug-likeness (QED) is 0.713. The Labute approximate surface area is 136 Å². The van der Waals surface area contributed by atoms with Crippen molar-refractivity contribution in [3.05, 3.63) is 16.5 Å². The molecule has 1 atom stereocenters. The highest BCUT2D eigenvalue weighted by molar-refractivity contribution is 9.10. The summed E-state index contributed by atoms with van der Waals surface area (Å²) in [7, 11) is -1.76. The zero-order chi connectivity index (χ0) is 16.0. The molecule has 0 aliphatic heterocycles. The van der Waals surface area contributed by atoms with Gasteiger partial charge >= 0.3 is 0 Å². The average molecular weight is 381 g/mol. The van der Waals surface area contributed by atoms with E-state index >= 15 is 0 Å². The highest BCUT2D eigenvalue weighted by Crippen LogP contribution is 2.30. The van der Waals surface area contributed by atoms with Gasteiger partial charge in [-0.3, -0.25) is 0 Å². The van der Waals surface area contributed by atoms with Crippen molar-refractivity contribution in [1.82, 2.24) is 9.62 Å². The molecule has 21 heavy (non-hydrogen) atoms. The zero-order valence-electron chi connectivity index (χ0n) is 13.1. The molecule has 0 aliphatic carbocycles. The first-order chi connectivity index (χ1) is 9.88. The van der Waals surface area contributed by atoms with Gasteiger partial charge in [-0.1, -0.05) is 20.3 Å². The molecule has 1 heterocycles. The number of nitrogens with zero attached hydrogens (tertiary/aromatic N) is 1. The van der Waals surface area contributed by atoms with Gasteiger partial charge in [0.15, 0.2) is 4.67 Å². The lowest BCUT2D eigenvalue weighted by Crippen LogP contribution is -2.39. The van der Waals surface area contributed by atoms with Gasteiger partial charge in [0.05, 0.1) is 6.54 Å². The second kappa shape index (κ2) is 8.31. The molecule has 122 valence electrons. The van der Waals surface area contributed by atoms with Crippen LogP contribution in [0, 0.1) is 0 Å². The molecule has 0 spiro atoms. The molecule has 0 amide bonds. The van der Waals surface area contributed by atoms with E-state index in [4.69, 9.17) is 4.42 Å². The van der Waals surface area contributed by atoms with E-state index in [9.17, 15) is 8.42 Å². The second-order valence-corrected chi connectivity index (χ2v) is 7.69. The molecule has 1 rings (SSSR count). The first-order valence-electron chi connectivity index (χ1n) is 7.33. The molecule has 0 aromatic carbocycles. The fourth-order valence-corrected chi connectivity index (χ4v) is 4.76. The third kappa shape index (κ3) is 4.55. The summed E-state index contributed by atoms with van der Waals surface area (Å²) in [5, 5.41) is 2.95. The highest BCUT2D eigenvalue weighted by atomic mass is 79.9. The molecule has 1 aromatic heterocycles. The molecule has 0 radical (unpaired) electrons. The van der Waals surface area contributed by atoms with Gasteiger partial charge in [0.1, 0.15) is 10.7 Å². The summed E-state index contributed by atoms with van der Waals surface area (Å²) < 4.78 is 33.1. The summed E-state index contributed by atoms with van der Waals surface area (Å²) in [5.41, 5.74) is 0. The van der Waals surface area contributed by atoms with Gasteiger partial charge in [0.2, 0.25) is 10.0 Å². The van der Waals surface area contributed by atoms with E-state index in [1.165, 1.54) is 0 Å². The van der Waals surface area contributed by atoms with Crippen LogP contribution in [0.2, 0.25) is 0 Å². The molecule has 1 N–H and O–H groups in total. The van der Waals surface area contributed by atoms with E-state index in [1.54, 1.807) is 17.4 Å². The van der Waals surface area contributed by atoms with E-state index in [1.807, 2.05) is 13.8 Å². The van der Waals surface area contributed by atoms with Crippen LogP contribution in [0.3, 0.4) is 0 Å². The number of unbranched alkanes of at least 4 members (excludes halogenated alkanes) is 1. The summed E-state index contributed by atoms with van der Waals surface area (Å²) in [5.74, 6) is 0.600. The number of hydrogen-bond donors (Lipinski definition) is 1. The lowest BCUT2D eigenvalue weighted by atomic mass is 10.2. The molecule has 7 heteroatoms. The van der Waals surface area contributed by atoms with Crippen LogP contribution in [0.15, 0.2) is 20.0 Å². The molecular formula is C14H25BrN2O3S. The largest absolute Gasteiger partial charge is 0.452 e. The SMILES string of the molecule is CCCCN(C(C)CC)S(=O)(=O)c1cc(CNC)oc1Br. The first-order valence-corrected chi connectivity index (χ1v) is 9.56. The standard InChI is InChI=1S/C14H25BrN2O3S/c1-5-7-8-17(11(3)6-2)21(18,19)13-9-12(10-16-4)20-14(13)15/h9,11,16H,5-8,10H2,1-4H3. The Balaban J connectivity index is 3.15. The smallest absolute Gasteiger partial charge is 0.247 e. The Hall–Kier alpha value is -0.370. The van der Waals surface area contributed by atoms with Crippen molar-refractivity contribution in [2.24, 2.45) is 0 Å². The van der Waals surface area contributed by atoms with Crippen LogP contribution in [0.4, 0.5) is 0 Å². The molecule has 0 aliphatic rings. The maximum Gasteiger partial charge on any atom is 0.247 e. The maximum absolute atomic E-state index is 12.9. The van der Waals surface area contributed by atoms with E-state index < -0.39 is 10.0 Å². The van der Waals surface area contributed by atoms with E-state index in [0.29, 0.717) is 18.8 Å². The summed E-state index contributed by atoms with van der Waals surface area (Å²) in [6, 6.07) is 1.56. The van der Waals surface area contributed by atoms with Gasteiger partial charge in [-0.25, -0.2) is 8.42 Å². The van der Waals surface area contributed by atoms with Crippen LogP contribution < -0.4 is 5.32 Å². The summed E-state index contributed by atoms with van der Waals surface area (Å²) >= 11 is 3.23. The van der Waals surface area contributed by atoms with Crippen LogP contribution in [0.1, 0.15) is 45.8 Å². The van der Waals surface area contributed by atoms with E-state index in [2.05, 4.69) is 28.2 Å². The van der Waals surface area contributed by atoms with Crippen LogP contribution in [-0.2, 0) is 16.6 Å². The fraction of sp³-hybridized carbons (Fsp3) is 0.714. The van der Waals surface area contributed by atoms with E-state index in [-0.39, 0.29) is 15.6 Å². The number of furan rings is 1. The molecule has 5 nitrogen and oxygen atoms in total. The van der Waals surface area contributed by atoms with Crippen molar-refractivity contribution in [3.8, 4) is 0 Å². The Morgan fingerprint density at radius 3 is 2.62 bits per heavy atom. The molecule has 0 saturated heterocycles. The molecule has 0 fully saturated rings. The first kappa shape index (κ1) is 18.7. The number of sulfonamides is 1. The summed E-state index contributed by atoms with van der Waals surface area (Å²) in [6.45, 7) is 7.02. The number of rotatable bonds is 9. The second-order valence-electron chi connectivity index (χ2n) is 5.11. The molecule has 0 saturated carbocycles. The minimum Gasteiger partial charge on any atom is -0.452 e. The van der Waals surface area contributed by atoms with Crippen LogP contribution in [-0.4, -0.2) is 32.4 Å². The van der Waals surface area contributed by atoms with Crippen molar-refractivity contribution < 1.29 is 12.8 Å². The predicted molar refractivity (Wildman–Crippen MR) is 87.7 cm³/mol. The van der Waals surface area contributed by atoms with Gasteiger partial charge in [0, 0.05) is 18.7 Å². The van der Waals surface area contributed by atoms with Gasteiger partial charge in [-0.2, -0.15) is 4.31 Å². The minimum absolute atomic E-state index is 0.0314. The minimum atomic E-state index is -3.55. The molecule has 0 bridgehead atoms. The van der Waals surface area contributed by atoms with Crippen LogP contribution in [0.25, 0.3) is 0 Å². The van der Waals surface area contributed by atoms with Crippen molar-refractivity contribution in [1.29, 1.82) is 0 Å². The maximum atomic E-state index is 12.9. The number of hydrogen-bond acceptors (Lipinski definition) is 4. The van der Waals surface area contributed by atoms with Crippen molar-refractivity contribution in [2.75, 3.05) is 13.6 Å². The predicted octanol–water partition coefficient (Wildman–Crippen LogP) is 3.35. The topological polar surface area (TPSA) is 62.6 Å². The van der Waals surface area contributed by atoms with Crippen molar-refractivity contribution in [2.45, 2.75) is 57.5 Å². The monoisotopic (exact) mass is 380 g/mol. The Morgan fingerprint density at radius 2 is 2.10 bits per heavy atom. The third-order valence-electron chi connectivity index (χ3n) is 3.46. The molecule has 1 aromatic rings. The normalized spacial score (nSPS) is 13.8. The van der Waals surface area contributed by atoms with Crippen molar-refractivity contribution >= 4 is 26.0 Å². The van der Waals surface area contributed by atoms with Crippen LogP contribution >= 0.6 is 15.9 Å². The van der Waals surface area contributed by atoms with Crippen LogP contribution in [0.5, 0.6) is 0 Å². The fourth-order valence-electron chi connectivity index (χ4n) is 2.06. The Kier molecular flexibility index (Phi) is 7.39. The Bertz CT molecular complexity index is 542.